The fraction of sp³-hybridized carbons (Fsp3) is 0.706. The summed E-state index contributed by atoms with van der Waals surface area (Å²) in [6, 6.07) is 4.28. The molecule has 2 unspecified atom stereocenters. The van der Waals surface area contributed by atoms with Gasteiger partial charge < -0.3 is 15.0 Å². The molecule has 0 bridgehead atoms. The van der Waals surface area contributed by atoms with E-state index in [1.807, 2.05) is 6.20 Å². The normalized spacial score (nSPS) is 26.6. The van der Waals surface area contributed by atoms with Gasteiger partial charge in [-0.15, -0.1) is 0 Å². The molecule has 0 spiro atoms. The smallest absolute Gasteiger partial charge is 0.128 e. The van der Waals surface area contributed by atoms with Gasteiger partial charge in [-0.3, -0.25) is 0 Å². The lowest BCUT2D eigenvalue weighted by molar-refractivity contribution is 0.122. The van der Waals surface area contributed by atoms with Crippen LogP contribution in [0, 0.1) is 11.8 Å². The van der Waals surface area contributed by atoms with Crippen LogP contribution in [0.25, 0.3) is 0 Å². The Labute approximate surface area is 127 Å². The van der Waals surface area contributed by atoms with E-state index in [4.69, 9.17) is 4.74 Å². The fourth-order valence-electron chi connectivity index (χ4n) is 3.48. The van der Waals surface area contributed by atoms with Crippen molar-refractivity contribution in [2.75, 3.05) is 43.1 Å². The topological polar surface area (TPSA) is 37.4 Å². The van der Waals surface area contributed by atoms with Crippen LogP contribution in [0.3, 0.4) is 0 Å². The first-order chi connectivity index (χ1) is 10.3. The first-order valence-electron chi connectivity index (χ1n) is 8.34. The van der Waals surface area contributed by atoms with E-state index in [9.17, 15) is 0 Å². The van der Waals surface area contributed by atoms with Gasteiger partial charge in [0, 0.05) is 19.6 Å². The Bertz CT molecular complexity index is 428. The Balaban J connectivity index is 1.49. The lowest BCUT2D eigenvalue weighted by Gasteiger charge is -2.28. The molecule has 4 nitrogen and oxygen atoms in total. The van der Waals surface area contributed by atoms with Crippen molar-refractivity contribution < 1.29 is 4.74 Å². The minimum Gasteiger partial charge on any atom is -0.384 e. The number of nitrogens with one attached hydrogen (secondary N) is 1. The number of morpholine rings is 1. The van der Waals surface area contributed by atoms with Crippen LogP contribution in [-0.2, 0) is 4.74 Å². The lowest BCUT2D eigenvalue weighted by Crippen LogP contribution is -2.36. The quantitative estimate of drug-likeness (QED) is 0.924. The SMILES string of the molecule is CC1CCCC(CNc2ccc(N3CCOCC3)nc2)C1. The third-order valence-corrected chi connectivity index (χ3v) is 4.72. The molecule has 0 aromatic carbocycles. The van der Waals surface area contributed by atoms with Gasteiger partial charge in [-0.2, -0.15) is 0 Å². The maximum Gasteiger partial charge on any atom is 0.128 e. The largest absolute Gasteiger partial charge is 0.384 e. The highest BCUT2D eigenvalue weighted by atomic mass is 16.5. The summed E-state index contributed by atoms with van der Waals surface area (Å²) in [4.78, 5) is 6.88. The maximum absolute atomic E-state index is 5.38. The van der Waals surface area contributed by atoms with Crippen molar-refractivity contribution in [1.29, 1.82) is 0 Å². The second-order valence-corrected chi connectivity index (χ2v) is 6.52. The van der Waals surface area contributed by atoms with Crippen LogP contribution in [0.15, 0.2) is 18.3 Å². The molecule has 1 aromatic rings. The molecule has 0 radical (unpaired) electrons. The zero-order chi connectivity index (χ0) is 14.5. The van der Waals surface area contributed by atoms with E-state index in [2.05, 4.69) is 34.3 Å². The van der Waals surface area contributed by atoms with Crippen molar-refractivity contribution in [3.8, 4) is 0 Å². The van der Waals surface area contributed by atoms with E-state index in [0.29, 0.717) is 0 Å². The molecule has 0 amide bonds. The number of aromatic nitrogens is 1. The highest BCUT2D eigenvalue weighted by Gasteiger charge is 2.18. The second-order valence-electron chi connectivity index (χ2n) is 6.52. The number of rotatable bonds is 4. The molecular weight excluding hydrogens is 262 g/mol. The molecule has 1 saturated carbocycles. The molecule has 2 fully saturated rings. The number of hydrogen-bond donors (Lipinski definition) is 1. The van der Waals surface area contributed by atoms with Crippen molar-refractivity contribution in [2.45, 2.75) is 32.6 Å². The van der Waals surface area contributed by atoms with Gasteiger partial charge in [0.15, 0.2) is 0 Å². The van der Waals surface area contributed by atoms with Gasteiger partial charge >= 0.3 is 0 Å². The van der Waals surface area contributed by atoms with Gasteiger partial charge in [-0.25, -0.2) is 4.98 Å². The Morgan fingerprint density at radius 3 is 2.86 bits per heavy atom. The van der Waals surface area contributed by atoms with E-state index in [0.717, 1.165) is 56.2 Å². The van der Waals surface area contributed by atoms with E-state index >= 15 is 0 Å². The Kier molecular flexibility index (Phi) is 4.96. The molecular formula is C17H27N3O. The molecule has 3 rings (SSSR count). The molecule has 116 valence electrons. The van der Waals surface area contributed by atoms with Gasteiger partial charge in [0.2, 0.25) is 0 Å². The van der Waals surface area contributed by atoms with Crippen molar-refractivity contribution >= 4 is 11.5 Å². The number of ether oxygens (including phenoxy) is 1. The minimum atomic E-state index is 0.807. The van der Waals surface area contributed by atoms with Gasteiger partial charge in [0.1, 0.15) is 5.82 Å². The second kappa shape index (κ2) is 7.12. The first kappa shape index (κ1) is 14.6. The molecule has 2 heterocycles. The summed E-state index contributed by atoms with van der Waals surface area (Å²) in [5, 5.41) is 3.56. The van der Waals surface area contributed by atoms with Crippen molar-refractivity contribution in [2.24, 2.45) is 11.8 Å². The maximum atomic E-state index is 5.38. The molecule has 4 heteroatoms. The molecule has 1 saturated heterocycles. The van der Waals surface area contributed by atoms with Gasteiger partial charge in [0.25, 0.3) is 0 Å². The van der Waals surface area contributed by atoms with Gasteiger partial charge in [0.05, 0.1) is 25.1 Å². The number of pyridine rings is 1. The summed E-state index contributed by atoms with van der Waals surface area (Å²) in [5.41, 5.74) is 1.14. The van der Waals surface area contributed by atoms with Crippen LogP contribution in [0.4, 0.5) is 11.5 Å². The van der Waals surface area contributed by atoms with E-state index in [1.54, 1.807) is 0 Å². The minimum absolute atomic E-state index is 0.807. The molecule has 1 aromatic heterocycles. The van der Waals surface area contributed by atoms with E-state index in [1.165, 1.54) is 25.7 Å². The third-order valence-electron chi connectivity index (χ3n) is 4.72. The fourth-order valence-corrected chi connectivity index (χ4v) is 3.48. The Hall–Kier alpha value is -1.29. The molecule has 2 atom stereocenters. The summed E-state index contributed by atoms with van der Waals surface area (Å²) in [7, 11) is 0. The van der Waals surface area contributed by atoms with Crippen LogP contribution in [0.2, 0.25) is 0 Å². The number of anilines is 2. The monoisotopic (exact) mass is 289 g/mol. The number of nitrogens with zero attached hydrogens (tertiary/aromatic N) is 2. The summed E-state index contributed by atoms with van der Waals surface area (Å²) >= 11 is 0. The van der Waals surface area contributed by atoms with Gasteiger partial charge in [-0.05, 0) is 36.8 Å². The van der Waals surface area contributed by atoms with Crippen LogP contribution < -0.4 is 10.2 Å². The van der Waals surface area contributed by atoms with E-state index < -0.39 is 0 Å². The number of hydrogen-bond acceptors (Lipinski definition) is 4. The van der Waals surface area contributed by atoms with Crippen molar-refractivity contribution in [3.05, 3.63) is 18.3 Å². The van der Waals surface area contributed by atoms with Crippen molar-refractivity contribution in [3.63, 3.8) is 0 Å². The lowest BCUT2D eigenvalue weighted by atomic mass is 9.82. The van der Waals surface area contributed by atoms with Gasteiger partial charge in [-0.1, -0.05) is 19.8 Å². The predicted molar refractivity (Wildman–Crippen MR) is 86.9 cm³/mol. The van der Waals surface area contributed by atoms with Crippen LogP contribution >= 0.6 is 0 Å². The average molecular weight is 289 g/mol. The molecule has 21 heavy (non-hydrogen) atoms. The molecule has 1 aliphatic heterocycles. The molecule has 2 aliphatic rings. The molecule has 1 aliphatic carbocycles. The summed E-state index contributed by atoms with van der Waals surface area (Å²) in [5.74, 6) is 2.79. The van der Waals surface area contributed by atoms with E-state index in [-0.39, 0.29) is 0 Å². The summed E-state index contributed by atoms with van der Waals surface area (Å²) in [6.45, 7) is 6.97. The van der Waals surface area contributed by atoms with Crippen LogP contribution in [0.1, 0.15) is 32.6 Å². The standard InChI is InChI=1S/C17H27N3O/c1-14-3-2-4-15(11-14)12-18-16-5-6-17(19-13-16)20-7-9-21-10-8-20/h5-6,13-15,18H,2-4,7-12H2,1H3. The average Bonchev–Trinajstić information content (AvgIpc) is 2.54. The summed E-state index contributed by atoms with van der Waals surface area (Å²) < 4.78 is 5.38. The zero-order valence-electron chi connectivity index (χ0n) is 13.1. The Morgan fingerprint density at radius 2 is 2.14 bits per heavy atom. The highest BCUT2D eigenvalue weighted by Crippen LogP contribution is 2.28. The first-order valence-corrected chi connectivity index (χ1v) is 8.34. The Morgan fingerprint density at radius 1 is 1.29 bits per heavy atom. The van der Waals surface area contributed by atoms with Crippen molar-refractivity contribution in [1.82, 2.24) is 4.98 Å². The predicted octanol–water partition coefficient (Wildman–Crippen LogP) is 3.16. The van der Waals surface area contributed by atoms with Crippen LogP contribution in [0.5, 0.6) is 0 Å². The van der Waals surface area contributed by atoms with Crippen LogP contribution in [-0.4, -0.2) is 37.8 Å². The highest BCUT2D eigenvalue weighted by molar-refractivity contribution is 5.48. The zero-order valence-corrected chi connectivity index (χ0v) is 13.1. The molecule has 1 N–H and O–H groups in total. The summed E-state index contributed by atoms with van der Waals surface area (Å²) in [6.07, 6.45) is 7.51. The third kappa shape index (κ3) is 4.10.